The van der Waals surface area contributed by atoms with Gasteiger partial charge in [-0.25, -0.2) is 8.78 Å². The highest BCUT2D eigenvalue weighted by atomic mass is 32.2. The molecular weight excluding hydrogens is 284 g/mol. The van der Waals surface area contributed by atoms with Crippen LogP contribution >= 0.6 is 23.5 Å². The van der Waals surface area contributed by atoms with Crippen LogP contribution in [0.1, 0.15) is 24.9 Å². The molecule has 1 heterocycles. The van der Waals surface area contributed by atoms with Crippen molar-refractivity contribution < 1.29 is 8.78 Å². The molecule has 0 spiro atoms. The highest BCUT2D eigenvalue weighted by molar-refractivity contribution is 8.06. The van der Waals surface area contributed by atoms with E-state index in [2.05, 4.69) is 12.2 Å². The van der Waals surface area contributed by atoms with Crippen molar-refractivity contribution in [3.63, 3.8) is 0 Å². The summed E-state index contributed by atoms with van der Waals surface area (Å²) in [7, 11) is 0. The molecule has 1 saturated heterocycles. The lowest BCUT2D eigenvalue weighted by molar-refractivity contribution is 0.491. The maximum absolute atomic E-state index is 14.0. The van der Waals surface area contributed by atoms with Crippen molar-refractivity contribution in [1.29, 1.82) is 0 Å². The van der Waals surface area contributed by atoms with Crippen molar-refractivity contribution in [2.24, 2.45) is 0 Å². The Morgan fingerprint density at radius 2 is 2.21 bits per heavy atom. The number of benzene rings is 1. The standard InChI is InChI=1S/C14H19F2NS2/c1-2-5-17-14(13-9-18-6-7-19-13)11-8-10(15)3-4-12(11)16/h3-4,8,13-14,17H,2,5-7,9H2,1H3. The van der Waals surface area contributed by atoms with Crippen LogP contribution in [0.3, 0.4) is 0 Å². The van der Waals surface area contributed by atoms with Crippen LogP contribution < -0.4 is 5.32 Å². The van der Waals surface area contributed by atoms with Crippen LogP contribution in [0.25, 0.3) is 0 Å². The molecule has 1 nitrogen and oxygen atoms in total. The number of hydrogen-bond acceptors (Lipinski definition) is 3. The smallest absolute Gasteiger partial charge is 0.128 e. The van der Waals surface area contributed by atoms with Crippen LogP contribution in [0.5, 0.6) is 0 Å². The van der Waals surface area contributed by atoms with Gasteiger partial charge in [0.25, 0.3) is 0 Å². The molecular formula is C14H19F2NS2. The third-order valence-corrected chi connectivity index (χ3v) is 5.98. The van der Waals surface area contributed by atoms with Crippen molar-refractivity contribution in [1.82, 2.24) is 5.32 Å². The lowest BCUT2D eigenvalue weighted by Crippen LogP contribution is -2.34. The van der Waals surface area contributed by atoms with E-state index in [1.165, 1.54) is 18.2 Å². The summed E-state index contributed by atoms with van der Waals surface area (Å²) >= 11 is 3.75. The SMILES string of the molecule is CCCNC(c1cc(F)ccc1F)C1CSCCS1. The molecule has 1 N–H and O–H groups in total. The molecule has 0 amide bonds. The van der Waals surface area contributed by atoms with Gasteiger partial charge in [0.05, 0.1) is 0 Å². The predicted molar refractivity (Wildman–Crippen MR) is 81.0 cm³/mol. The van der Waals surface area contributed by atoms with Gasteiger partial charge in [-0.1, -0.05) is 6.92 Å². The van der Waals surface area contributed by atoms with E-state index < -0.39 is 0 Å². The lowest BCUT2D eigenvalue weighted by atomic mass is 10.0. The zero-order chi connectivity index (χ0) is 13.7. The first kappa shape index (κ1) is 15.1. The van der Waals surface area contributed by atoms with Gasteiger partial charge in [0, 0.05) is 34.1 Å². The summed E-state index contributed by atoms with van der Waals surface area (Å²) in [4.78, 5) is 0. The lowest BCUT2D eigenvalue weighted by Gasteiger charge is -2.31. The summed E-state index contributed by atoms with van der Waals surface area (Å²) in [6, 6.07) is 3.64. The Kier molecular flexibility index (Phi) is 5.98. The number of rotatable bonds is 5. The second-order valence-electron chi connectivity index (χ2n) is 4.58. The second kappa shape index (κ2) is 7.50. The zero-order valence-electron chi connectivity index (χ0n) is 11.0. The molecule has 0 aromatic heterocycles. The maximum atomic E-state index is 14.0. The van der Waals surface area contributed by atoms with E-state index in [1.54, 1.807) is 0 Å². The summed E-state index contributed by atoms with van der Waals surface area (Å²) in [6.07, 6.45) is 0.984. The van der Waals surface area contributed by atoms with Crippen LogP contribution in [0.4, 0.5) is 8.78 Å². The second-order valence-corrected chi connectivity index (χ2v) is 7.08. The Labute approximate surface area is 121 Å². The minimum atomic E-state index is -0.367. The van der Waals surface area contributed by atoms with Gasteiger partial charge in [0.2, 0.25) is 0 Å². The summed E-state index contributed by atoms with van der Waals surface area (Å²) in [5, 5.41) is 3.69. The fraction of sp³-hybridized carbons (Fsp3) is 0.571. The summed E-state index contributed by atoms with van der Waals surface area (Å²) in [5.74, 6) is 2.53. The van der Waals surface area contributed by atoms with Gasteiger partial charge in [-0.2, -0.15) is 23.5 Å². The van der Waals surface area contributed by atoms with Crippen LogP contribution in [0, 0.1) is 11.6 Å². The van der Waals surface area contributed by atoms with Crippen LogP contribution in [-0.4, -0.2) is 29.1 Å². The molecule has 0 bridgehead atoms. The maximum Gasteiger partial charge on any atom is 0.128 e. The molecule has 2 rings (SSSR count). The number of nitrogens with one attached hydrogen (secondary N) is 1. The average molecular weight is 303 g/mol. The normalized spacial score (nSPS) is 21.3. The number of thioether (sulfide) groups is 2. The van der Waals surface area contributed by atoms with E-state index in [4.69, 9.17) is 0 Å². The monoisotopic (exact) mass is 303 g/mol. The van der Waals surface area contributed by atoms with E-state index in [1.807, 2.05) is 23.5 Å². The molecule has 1 fully saturated rings. The summed E-state index contributed by atoms with van der Waals surface area (Å²) in [6.45, 7) is 2.90. The molecule has 1 aliphatic rings. The van der Waals surface area contributed by atoms with Gasteiger partial charge in [-0.3, -0.25) is 0 Å². The average Bonchev–Trinajstić information content (AvgIpc) is 2.44. The van der Waals surface area contributed by atoms with Crippen molar-refractivity contribution in [2.75, 3.05) is 23.8 Å². The van der Waals surface area contributed by atoms with Gasteiger partial charge in [0.1, 0.15) is 11.6 Å². The van der Waals surface area contributed by atoms with E-state index in [9.17, 15) is 8.78 Å². The molecule has 1 aromatic rings. The number of halogens is 2. The molecule has 2 unspecified atom stereocenters. The van der Waals surface area contributed by atoms with Gasteiger partial charge >= 0.3 is 0 Å². The van der Waals surface area contributed by atoms with Gasteiger partial charge in [-0.05, 0) is 31.2 Å². The third kappa shape index (κ3) is 4.10. The Balaban J connectivity index is 2.22. The predicted octanol–water partition coefficient (Wildman–Crippen LogP) is 3.85. The van der Waals surface area contributed by atoms with Gasteiger partial charge in [-0.15, -0.1) is 0 Å². The molecule has 106 valence electrons. The minimum absolute atomic E-state index is 0.103. The Hall–Kier alpha value is -0.260. The molecule has 0 aliphatic carbocycles. The first-order valence-corrected chi connectivity index (χ1v) is 8.80. The van der Waals surface area contributed by atoms with Crippen molar-refractivity contribution in [2.45, 2.75) is 24.6 Å². The first-order chi connectivity index (χ1) is 9.22. The van der Waals surface area contributed by atoms with Gasteiger partial charge in [0.15, 0.2) is 0 Å². The molecule has 5 heteroatoms. The van der Waals surface area contributed by atoms with E-state index in [0.29, 0.717) is 10.8 Å². The summed E-state index contributed by atoms with van der Waals surface area (Å²) < 4.78 is 27.4. The third-order valence-electron chi connectivity index (χ3n) is 3.12. The molecule has 19 heavy (non-hydrogen) atoms. The fourth-order valence-electron chi connectivity index (χ4n) is 2.19. The molecule has 0 saturated carbocycles. The van der Waals surface area contributed by atoms with E-state index >= 15 is 0 Å². The van der Waals surface area contributed by atoms with Crippen molar-refractivity contribution in [3.8, 4) is 0 Å². The van der Waals surface area contributed by atoms with Gasteiger partial charge < -0.3 is 5.32 Å². The molecule has 2 atom stereocenters. The Bertz CT molecular complexity index is 408. The number of hydrogen-bond donors (Lipinski definition) is 1. The van der Waals surface area contributed by atoms with E-state index in [0.717, 1.165) is 30.2 Å². The summed E-state index contributed by atoms with van der Waals surface area (Å²) in [5.41, 5.74) is 0.466. The van der Waals surface area contributed by atoms with E-state index in [-0.39, 0.29) is 17.7 Å². The van der Waals surface area contributed by atoms with Crippen LogP contribution in [0.15, 0.2) is 18.2 Å². The molecule has 1 aliphatic heterocycles. The van der Waals surface area contributed by atoms with Crippen LogP contribution in [0.2, 0.25) is 0 Å². The van der Waals surface area contributed by atoms with Crippen molar-refractivity contribution in [3.05, 3.63) is 35.4 Å². The Morgan fingerprint density at radius 3 is 2.89 bits per heavy atom. The highest BCUT2D eigenvalue weighted by Gasteiger charge is 2.27. The van der Waals surface area contributed by atoms with Crippen molar-refractivity contribution >= 4 is 23.5 Å². The quantitative estimate of drug-likeness (QED) is 0.887. The topological polar surface area (TPSA) is 12.0 Å². The first-order valence-electron chi connectivity index (χ1n) is 6.60. The zero-order valence-corrected chi connectivity index (χ0v) is 12.6. The minimum Gasteiger partial charge on any atom is -0.309 e. The molecule has 1 aromatic carbocycles. The van der Waals surface area contributed by atoms with Crippen LogP contribution in [-0.2, 0) is 0 Å². The fourth-order valence-corrected chi connectivity index (χ4v) is 5.05. The highest BCUT2D eigenvalue weighted by Crippen LogP contribution is 2.34. The Morgan fingerprint density at radius 1 is 1.37 bits per heavy atom. The largest absolute Gasteiger partial charge is 0.309 e. The molecule has 0 radical (unpaired) electrons.